The number of hydrogen-bond acceptors (Lipinski definition) is 20. The number of rotatable bonds is 10. The van der Waals surface area contributed by atoms with E-state index < -0.39 is 7.12 Å². The van der Waals surface area contributed by atoms with Gasteiger partial charge in [-0.25, -0.2) is 39.9 Å². The highest BCUT2D eigenvalue weighted by atomic mass is 35.5. The summed E-state index contributed by atoms with van der Waals surface area (Å²) >= 11 is 6.14. The topological polar surface area (TPSA) is 225 Å². The molecule has 5 fully saturated rings. The van der Waals surface area contributed by atoms with Crippen molar-refractivity contribution in [2.45, 2.75) is 64.8 Å². The van der Waals surface area contributed by atoms with Crippen molar-refractivity contribution in [2.75, 3.05) is 114 Å². The van der Waals surface area contributed by atoms with E-state index in [2.05, 4.69) is 69.4 Å². The lowest BCUT2D eigenvalue weighted by Gasteiger charge is -2.32. The van der Waals surface area contributed by atoms with Crippen LogP contribution >= 0.6 is 11.6 Å². The third kappa shape index (κ3) is 10.7. The lowest BCUT2D eigenvalue weighted by molar-refractivity contribution is 0.00578. The highest BCUT2D eigenvalue weighted by Gasteiger charge is 2.52. The van der Waals surface area contributed by atoms with Gasteiger partial charge in [0.25, 0.3) is 0 Å². The van der Waals surface area contributed by atoms with E-state index >= 15 is 0 Å². The van der Waals surface area contributed by atoms with Gasteiger partial charge in [-0.1, -0.05) is 0 Å². The van der Waals surface area contributed by atoms with Gasteiger partial charge in [0.05, 0.1) is 69.1 Å². The molecule has 2 unspecified atom stereocenters. The molecule has 362 valence electrons. The number of hydrogen-bond donors (Lipinski definition) is 2. The third-order valence-corrected chi connectivity index (χ3v) is 13.2. The van der Waals surface area contributed by atoms with E-state index in [1.54, 1.807) is 38.9 Å². The van der Waals surface area contributed by atoms with Gasteiger partial charge in [0, 0.05) is 109 Å². The van der Waals surface area contributed by atoms with Gasteiger partial charge in [-0.05, 0) is 52.1 Å². The van der Waals surface area contributed by atoms with Crippen LogP contribution in [0.5, 0.6) is 0 Å². The van der Waals surface area contributed by atoms with Crippen molar-refractivity contribution in [3.8, 4) is 11.4 Å². The Kier molecular flexibility index (Phi) is 14.8. The molecule has 22 nitrogen and oxygen atoms in total. The van der Waals surface area contributed by atoms with Gasteiger partial charge in [0.15, 0.2) is 39.8 Å². The van der Waals surface area contributed by atoms with Crippen LogP contribution in [0.1, 0.15) is 40.5 Å². The van der Waals surface area contributed by atoms with E-state index in [0.717, 1.165) is 124 Å². The van der Waals surface area contributed by atoms with Crippen LogP contribution in [0, 0.1) is 11.8 Å². The lowest BCUT2D eigenvalue weighted by atomic mass is 9.81. The maximum atomic E-state index is 6.14. The fraction of sp³-hybridized carbons (Fsp3) is 0.591. The zero-order valence-corrected chi connectivity index (χ0v) is 40.4. The predicted octanol–water partition coefficient (Wildman–Crippen LogP) is 3.37. The number of aromatic nitrogens is 12. The van der Waals surface area contributed by atoms with Crippen LogP contribution in [-0.4, -0.2) is 170 Å². The zero-order chi connectivity index (χ0) is 47.3. The smallest absolute Gasteiger partial charge is 0.399 e. The minimum absolute atomic E-state index is 0.262. The summed E-state index contributed by atoms with van der Waals surface area (Å²) in [5.74, 6) is 4.40. The first-order valence-electron chi connectivity index (χ1n) is 23.3. The molecule has 6 aromatic rings. The molecule has 0 aliphatic carbocycles. The van der Waals surface area contributed by atoms with E-state index in [9.17, 15) is 0 Å². The van der Waals surface area contributed by atoms with E-state index in [-0.39, 0.29) is 16.5 Å². The predicted molar refractivity (Wildman–Crippen MR) is 257 cm³/mol. The summed E-state index contributed by atoms with van der Waals surface area (Å²) in [6, 6.07) is 0. The Morgan fingerprint density at radius 2 is 1.07 bits per heavy atom. The summed E-state index contributed by atoms with van der Waals surface area (Å²) in [7, 11) is 3.18. The van der Waals surface area contributed by atoms with Crippen molar-refractivity contribution < 1.29 is 28.3 Å². The normalized spacial score (nSPS) is 21.1. The molecule has 6 aromatic heterocycles. The molecule has 68 heavy (non-hydrogen) atoms. The van der Waals surface area contributed by atoms with Gasteiger partial charge in [0.1, 0.15) is 0 Å². The molecule has 0 bridgehead atoms. The average molecular weight is 955 g/mol. The summed E-state index contributed by atoms with van der Waals surface area (Å²) in [6.07, 6.45) is 12.8. The van der Waals surface area contributed by atoms with E-state index in [0.29, 0.717) is 56.0 Å². The van der Waals surface area contributed by atoms with Crippen molar-refractivity contribution in [1.82, 2.24) is 59.0 Å². The fourth-order valence-corrected chi connectivity index (χ4v) is 8.53. The molecule has 24 heteroatoms. The number of nitrogens with zero attached hydrogens (tertiary/aromatic N) is 14. The van der Waals surface area contributed by atoms with Gasteiger partial charge >= 0.3 is 7.12 Å². The highest BCUT2D eigenvalue weighted by molar-refractivity contribution is 6.61. The number of imidazole rings is 2. The monoisotopic (exact) mass is 954 g/mol. The Hall–Kier alpha value is -5.43. The second-order valence-electron chi connectivity index (χ2n) is 18.2. The molecule has 0 amide bonds. The molecular formula is C44H60BClN16O6. The van der Waals surface area contributed by atoms with Crippen molar-refractivity contribution in [3.05, 3.63) is 42.7 Å². The Morgan fingerprint density at radius 1 is 0.603 bits per heavy atom. The molecule has 2 atom stereocenters. The van der Waals surface area contributed by atoms with Gasteiger partial charge in [0.2, 0.25) is 17.2 Å². The van der Waals surface area contributed by atoms with E-state index in [1.807, 2.05) is 40.3 Å². The first-order valence-corrected chi connectivity index (χ1v) is 23.6. The summed E-state index contributed by atoms with van der Waals surface area (Å²) in [5, 5.41) is 6.07. The molecule has 0 radical (unpaired) electrons. The molecular weight excluding hydrogens is 895 g/mol. The average Bonchev–Trinajstić information content (AvgIpc) is 4.24. The van der Waals surface area contributed by atoms with Crippen LogP contribution in [-0.2, 0) is 41.3 Å². The van der Waals surface area contributed by atoms with Gasteiger partial charge in [-0.2, -0.15) is 9.97 Å². The lowest BCUT2D eigenvalue weighted by Crippen LogP contribution is -2.41. The minimum Gasteiger partial charge on any atom is -0.399 e. The first kappa shape index (κ1) is 47.6. The van der Waals surface area contributed by atoms with Crippen molar-refractivity contribution in [3.63, 3.8) is 0 Å². The van der Waals surface area contributed by atoms with Gasteiger partial charge in [-0.3, -0.25) is 0 Å². The Morgan fingerprint density at radius 3 is 1.54 bits per heavy atom. The number of anilines is 4. The van der Waals surface area contributed by atoms with Crippen molar-refractivity contribution in [2.24, 2.45) is 11.8 Å². The largest absolute Gasteiger partial charge is 0.498 e. The molecule has 2 N–H and O–H groups in total. The third-order valence-electron chi connectivity index (χ3n) is 13.0. The fourth-order valence-electron chi connectivity index (χ4n) is 8.37. The van der Waals surface area contributed by atoms with Crippen LogP contribution in [0.3, 0.4) is 0 Å². The van der Waals surface area contributed by atoms with Crippen LogP contribution in [0.15, 0.2) is 37.4 Å². The standard InChI is InChI=1S/C19H24N8O2.C14H18ClN5O2.C11H18BN3O2/c1-20-19-21-8-14(9-22-19)16-24-17(26-3-6-28-7-4-26)15-18(25-16)27(12-23-15)10-13-2-5-29-11-13;15-14-17-12(19-2-5-21-6-3-19)11-13(18-14)20(9-16-11)7-10-1-4-22-8-10;1-10(2)11(3,4)17-12(16-10)8-6-14-9(13-5)15-7-8/h8-9,12-13H,2-7,10-11H2,1H3,(H,20,21,22);9-10H,1-8H2;6-7H,1-5H3,(H,13,14,15). The van der Waals surface area contributed by atoms with Crippen molar-refractivity contribution >= 4 is 70.0 Å². The molecule has 11 heterocycles. The zero-order valence-electron chi connectivity index (χ0n) is 39.6. The molecule has 0 spiro atoms. The summed E-state index contributed by atoms with van der Waals surface area (Å²) in [5.41, 5.74) is 4.21. The van der Waals surface area contributed by atoms with Crippen LogP contribution in [0.25, 0.3) is 33.7 Å². The highest BCUT2D eigenvalue weighted by Crippen LogP contribution is 2.36. The number of ether oxygens (including phenoxy) is 4. The molecule has 0 saturated carbocycles. The van der Waals surface area contributed by atoms with Crippen LogP contribution in [0.4, 0.5) is 23.5 Å². The maximum absolute atomic E-state index is 6.14. The van der Waals surface area contributed by atoms with Gasteiger partial charge in [-0.15, -0.1) is 0 Å². The summed E-state index contributed by atoms with van der Waals surface area (Å²) in [6.45, 7) is 19.0. The second-order valence-corrected chi connectivity index (χ2v) is 18.5. The number of fused-ring (bicyclic) bond motifs is 2. The number of nitrogens with one attached hydrogen (secondary N) is 2. The van der Waals surface area contributed by atoms with Crippen LogP contribution < -0.4 is 25.9 Å². The summed E-state index contributed by atoms with van der Waals surface area (Å²) < 4.78 is 37.9. The number of halogens is 1. The van der Waals surface area contributed by atoms with E-state index in [1.165, 1.54) is 0 Å². The minimum atomic E-state index is -0.397. The van der Waals surface area contributed by atoms with Gasteiger partial charge < -0.3 is 57.8 Å². The van der Waals surface area contributed by atoms with Crippen LogP contribution in [0.2, 0.25) is 5.28 Å². The molecule has 11 rings (SSSR count). The van der Waals surface area contributed by atoms with Crippen molar-refractivity contribution in [1.29, 1.82) is 0 Å². The Labute approximate surface area is 400 Å². The molecule has 5 saturated heterocycles. The summed E-state index contributed by atoms with van der Waals surface area (Å²) in [4.78, 5) is 49.0. The maximum Gasteiger partial charge on any atom is 0.498 e. The Balaban J connectivity index is 0.000000132. The van der Waals surface area contributed by atoms with E-state index in [4.69, 9.17) is 49.8 Å². The first-order chi connectivity index (χ1) is 33.0. The number of morpholine rings is 2. The second kappa shape index (κ2) is 21.1. The molecule has 5 aliphatic heterocycles. The molecule has 5 aliphatic rings. The Bertz CT molecular complexity index is 2580. The quantitative estimate of drug-likeness (QED) is 0.148. The molecule has 0 aromatic carbocycles. The SMILES string of the molecule is CNc1ncc(-c2nc(N3CCOCC3)c3ncn(CC4CCOC4)c3n2)cn1.CNc1ncc(B2OC(C)(C)C(C)(C)O2)cn1.Clc1nc(N2CCOCC2)c2ncn(CC3CCOC3)c2n1.